The number of nitrogens with zero attached hydrogens (tertiary/aromatic N) is 1. The van der Waals surface area contributed by atoms with Crippen LogP contribution in [-0.4, -0.2) is 40.4 Å². The molecule has 5 nitrogen and oxygen atoms in total. The minimum Gasteiger partial charge on any atom is -0.493 e. The molecule has 26 heavy (non-hydrogen) atoms. The van der Waals surface area contributed by atoms with E-state index in [0.717, 1.165) is 35.8 Å². The molecule has 0 aromatic heterocycles. The first kappa shape index (κ1) is 17.0. The zero-order valence-electron chi connectivity index (χ0n) is 16.0. The van der Waals surface area contributed by atoms with Crippen molar-refractivity contribution in [2.24, 2.45) is 0 Å². The molecule has 0 saturated carbocycles. The van der Waals surface area contributed by atoms with Gasteiger partial charge in [-0.15, -0.1) is 0 Å². The Morgan fingerprint density at radius 1 is 0.654 bits per heavy atom. The van der Waals surface area contributed by atoms with Gasteiger partial charge in [0, 0.05) is 12.1 Å². The average Bonchev–Trinajstić information content (AvgIpc) is 2.67. The third-order valence-electron chi connectivity index (χ3n) is 5.82. The van der Waals surface area contributed by atoms with E-state index in [4.69, 9.17) is 18.9 Å². The molecule has 2 aromatic carbocycles. The third-order valence-corrected chi connectivity index (χ3v) is 5.82. The summed E-state index contributed by atoms with van der Waals surface area (Å²) in [7, 11) is 8.95. The lowest BCUT2D eigenvalue weighted by Crippen LogP contribution is -2.40. The number of methoxy groups -OCH3 is 4. The number of hydrogen-bond acceptors (Lipinski definition) is 5. The molecule has 5 heteroatoms. The fourth-order valence-electron chi connectivity index (χ4n) is 4.43. The number of likely N-dealkylation sites (N-methyl/N-ethyl adjacent to an activating group) is 1. The Morgan fingerprint density at radius 2 is 1.00 bits per heavy atom. The molecule has 2 aliphatic rings. The largest absolute Gasteiger partial charge is 0.493 e. The van der Waals surface area contributed by atoms with Gasteiger partial charge >= 0.3 is 0 Å². The number of fused-ring (bicyclic) bond motifs is 6. The Hall–Kier alpha value is -2.40. The van der Waals surface area contributed by atoms with Gasteiger partial charge in [-0.3, -0.25) is 4.90 Å². The monoisotopic (exact) mass is 355 g/mol. The molecule has 0 amide bonds. The summed E-state index contributed by atoms with van der Waals surface area (Å²) in [4.78, 5) is 2.46. The zero-order valence-corrected chi connectivity index (χ0v) is 16.0. The first-order chi connectivity index (χ1) is 12.6. The quantitative estimate of drug-likeness (QED) is 0.839. The van der Waals surface area contributed by atoms with Gasteiger partial charge in [0.15, 0.2) is 23.0 Å². The van der Waals surface area contributed by atoms with Crippen molar-refractivity contribution in [3.05, 3.63) is 46.5 Å². The van der Waals surface area contributed by atoms with Crippen molar-refractivity contribution in [1.29, 1.82) is 0 Å². The van der Waals surface area contributed by atoms with Gasteiger partial charge in [-0.2, -0.15) is 0 Å². The van der Waals surface area contributed by atoms with E-state index in [-0.39, 0.29) is 0 Å². The molecule has 0 unspecified atom stereocenters. The predicted molar refractivity (Wildman–Crippen MR) is 99.7 cm³/mol. The smallest absolute Gasteiger partial charge is 0.161 e. The number of benzene rings is 2. The van der Waals surface area contributed by atoms with Crippen LogP contribution in [0.4, 0.5) is 0 Å². The summed E-state index contributed by atoms with van der Waals surface area (Å²) in [5, 5.41) is 0. The molecule has 2 atom stereocenters. The molecule has 138 valence electrons. The van der Waals surface area contributed by atoms with E-state index < -0.39 is 0 Å². The number of hydrogen-bond donors (Lipinski definition) is 0. The van der Waals surface area contributed by atoms with Crippen LogP contribution in [0.2, 0.25) is 0 Å². The highest BCUT2D eigenvalue weighted by atomic mass is 16.5. The lowest BCUT2D eigenvalue weighted by atomic mass is 9.76. The van der Waals surface area contributed by atoms with Crippen LogP contribution in [0.1, 0.15) is 34.3 Å². The zero-order chi connectivity index (χ0) is 18.4. The second kappa shape index (κ2) is 6.40. The first-order valence-electron chi connectivity index (χ1n) is 8.82. The molecule has 0 saturated heterocycles. The molecule has 0 radical (unpaired) electrons. The molecule has 2 aromatic rings. The Bertz CT molecular complexity index is 779. The van der Waals surface area contributed by atoms with E-state index >= 15 is 0 Å². The highest BCUT2D eigenvalue weighted by molar-refractivity contribution is 5.55. The van der Waals surface area contributed by atoms with Gasteiger partial charge in [-0.05, 0) is 66.4 Å². The fourth-order valence-corrected chi connectivity index (χ4v) is 4.43. The molecule has 0 N–H and O–H groups in total. The highest BCUT2D eigenvalue weighted by Gasteiger charge is 2.39. The van der Waals surface area contributed by atoms with E-state index in [1.807, 2.05) is 0 Å². The fraction of sp³-hybridized carbons (Fsp3) is 0.429. The van der Waals surface area contributed by atoms with Gasteiger partial charge in [0.1, 0.15) is 0 Å². The Kier molecular flexibility index (Phi) is 4.19. The molecule has 2 bridgehead atoms. The van der Waals surface area contributed by atoms with Crippen LogP contribution in [-0.2, 0) is 12.8 Å². The van der Waals surface area contributed by atoms with Crippen LogP contribution in [0, 0.1) is 0 Å². The minimum atomic E-state index is 0.314. The summed E-state index contributed by atoms with van der Waals surface area (Å²) in [5.41, 5.74) is 5.30. The van der Waals surface area contributed by atoms with Gasteiger partial charge in [-0.25, -0.2) is 0 Å². The summed E-state index contributed by atoms with van der Waals surface area (Å²) in [6.07, 6.45) is 1.87. The van der Waals surface area contributed by atoms with Gasteiger partial charge in [0.05, 0.1) is 28.4 Å². The van der Waals surface area contributed by atoms with Gasteiger partial charge < -0.3 is 18.9 Å². The summed E-state index contributed by atoms with van der Waals surface area (Å²) in [6, 6.07) is 9.16. The second-order valence-electron chi connectivity index (χ2n) is 6.92. The van der Waals surface area contributed by atoms with Crippen molar-refractivity contribution < 1.29 is 18.9 Å². The first-order valence-corrected chi connectivity index (χ1v) is 8.82. The maximum Gasteiger partial charge on any atom is 0.161 e. The Balaban J connectivity index is 1.84. The van der Waals surface area contributed by atoms with Crippen LogP contribution in [0.5, 0.6) is 23.0 Å². The summed E-state index contributed by atoms with van der Waals surface area (Å²) in [5.74, 6) is 3.16. The van der Waals surface area contributed by atoms with Crippen molar-refractivity contribution in [3.63, 3.8) is 0 Å². The van der Waals surface area contributed by atoms with Crippen molar-refractivity contribution in [2.75, 3.05) is 35.5 Å². The highest BCUT2D eigenvalue weighted by Crippen LogP contribution is 2.50. The maximum absolute atomic E-state index is 5.53. The molecule has 0 aliphatic carbocycles. The Morgan fingerprint density at radius 3 is 1.35 bits per heavy atom. The van der Waals surface area contributed by atoms with E-state index in [9.17, 15) is 0 Å². The van der Waals surface area contributed by atoms with Gasteiger partial charge in [0.2, 0.25) is 0 Å². The lowest BCUT2D eigenvalue weighted by Gasteiger charge is -2.46. The average molecular weight is 355 g/mol. The topological polar surface area (TPSA) is 40.2 Å². The molecule has 2 aliphatic heterocycles. The van der Waals surface area contributed by atoms with Crippen molar-refractivity contribution in [2.45, 2.75) is 24.9 Å². The van der Waals surface area contributed by atoms with Crippen LogP contribution in [0.3, 0.4) is 0 Å². The van der Waals surface area contributed by atoms with E-state index in [2.05, 4.69) is 36.2 Å². The normalized spacial score (nSPS) is 20.8. The minimum absolute atomic E-state index is 0.314. The van der Waals surface area contributed by atoms with E-state index in [0.29, 0.717) is 12.1 Å². The molecule has 4 rings (SSSR count). The summed E-state index contributed by atoms with van der Waals surface area (Å²) < 4.78 is 22.1. The summed E-state index contributed by atoms with van der Waals surface area (Å²) >= 11 is 0. The van der Waals surface area contributed by atoms with Crippen molar-refractivity contribution in [3.8, 4) is 23.0 Å². The number of ether oxygens (including phenoxy) is 4. The molecule has 0 spiro atoms. The SMILES string of the molecule is COc1cc2c(cc1OC)[C@H]1Cc3cc(OC)c(OC)cc3[C@H](C2)N1C. The third kappa shape index (κ3) is 2.42. The van der Waals surface area contributed by atoms with E-state index in [1.54, 1.807) is 28.4 Å². The summed E-state index contributed by atoms with van der Waals surface area (Å²) in [6.45, 7) is 0. The molecule has 0 fully saturated rings. The lowest BCUT2D eigenvalue weighted by molar-refractivity contribution is 0.137. The van der Waals surface area contributed by atoms with Crippen molar-refractivity contribution in [1.82, 2.24) is 4.90 Å². The van der Waals surface area contributed by atoms with Crippen LogP contribution < -0.4 is 18.9 Å². The second-order valence-corrected chi connectivity index (χ2v) is 6.92. The van der Waals surface area contributed by atoms with Crippen molar-refractivity contribution >= 4 is 0 Å². The van der Waals surface area contributed by atoms with Gasteiger partial charge in [-0.1, -0.05) is 0 Å². The van der Waals surface area contributed by atoms with Crippen LogP contribution in [0.15, 0.2) is 24.3 Å². The maximum atomic E-state index is 5.53. The Labute approximate surface area is 154 Å². The van der Waals surface area contributed by atoms with Crippen LogP contribution >= 0.6 is 0 Å². The van der Waals surface area contributed by atoms with Gasteiger partial charge in [0.25, 0.3) is 0 Å². The predicted octanol–water partition coefficient (Wildman–Crippen LogP) is 3.55. The number of rotatable bonds is 4. The molecule has 2 heterocycles. The standard InChI is InChI=1S/C21H25NO4/c1-22-16-6-12-8-18(23-2)20(25-4)10-14(12)17(22)7-13-9-19(24-3)21(26-5)11-15(13)16/h8-11,16-17H,6-7H2,1-5H3/t16-,17+. The van der Waals surface area contributed by atoms with E-state index in [1.165, 1.54) is 22.3 Å². The molecular formula is C21H25NO4. The van der Waals surface area contributed by atoms with Crippen LogP contribution in [0.25, 0.3) is 0 Å². The molecular weight excluding hydrogens is 330 g/mol.